The first-order chi connectivity index (χ1) is 7.09. The molecule has 0 radical (unpaired) electrons. The van der Waals surface area contributed by atoms with Gasteiger partial charge in [-0.15, -0.1) is 0 Å². The smallest absolute Gasteiger partial charge is 0.0438 e. The highest BCUT2D eigenvalue weighted by molar-refractivity contribution is 6.31. The third kappa shape index (κ3) is 2.96. The summed E-state index contributed by atoms with van der Waals surface area (Å²) in [7, 11) is 0. The standard InChI is InChI=1S/C13H18ClN/c1-10-3-4-11(7-12(10)14)8-15-9-13(2)5-6-13/h3-4,7,15H,5-6,8-9H2,1-2H3. The van der Waals surface area contributed by atoms with Gasteiger partial charge in [0.2, 0.25) is 0 Å². The van der Waals surface area contributed by atoms with Crippen LogP contribution in [0.5, 0.6) is 0 Å². The molecule has 1 aliphatic carbocycles. The Morgan fingerprint density at radius 1 is 1.40 bits per heavy atom. The first-order valence-corrected chi connectivity index (χ1v) is 5.93. The lowest BCUT2D eigenvalue weighted by Gasteiger charge is -2.10. The number of aryl methyl sites for hydroxylation is 1. The van der Waals surface area contributed by atoms with Crippen molar-refractivity contribution in [3.63, 3.8) is 0 Å². The van der Waals surface area contributed by atoms with Crippen molar-refractivity contribution in [3.8, 4) is 0 Å². The molecular formula is C13H18ClN. The highest BCUT2D eigenvalue weighted by atomic mass is 35.5. The van der Waals surface area contributed by atoms with Gasteiger partial charge in [0, 0.05) is 18.1 Å². The fourth-order valence-corrected chi connectivity index (χ4v) is 1.85. The lowest BCUT2D eigenvalue weighted by molar-refractivity contribution is 0.499. The fraction of sp³-hybridized carbons (Fsp3) is 0.538. The molecule has 0 bridgehead atoms. The molecule has 1 saturated carbocycles. The van der Waals surface area contributed by atoms with Gasteiger partial charge in [-0.05, 0) is 42.4 Å². The predicted octanol–water partition coefficient (Wildman–Crippen LogP) is 3.54. The van der Waals surface area contributed by atoms with E-state index in [0.717, 1.165) is 23.7 Å². The molecule has 82 valence electrons. The van der Waals surface area contributed by atoms with Gasteiger partial charge in [-0.3, -0.25) is 0 Å². The molecular weight excluding hydrogens is 206 g/mol. The summed E-state index contributed by atoms with van der Waals surface area (Å²) in [5.41, 5.74) is 3.00. The summed E-state index contributed by atoms with van der Waals surface area (Å²) in [5, 5.41) is 4.36. The molecule has 1 fully saturated rings. The van der Waals surface area contributed by atoms with Crippen LogP contribution in [0.3, 0.4) is 0 Å². The summed E-state index contributed by atoms with van der Waals surface area (Å²) in [6.45, 7) is 6.42. The van der Waals surface area contributed by atoms with E-state index < -0.39 is 0 Å². The molecule has 0 saturated heterocycles. The maximum Gasteiger partial charge on any atom is 0.0438 e. The van der Waals surface area contributed by atoms with Crippen molar-refractivity contribution in [2.75, 3.05) is 6.54 Å². The zero-order valence-corrected chi connectivity index (χ0v) is 10.2. The molecule has 1 aliphatic rings. The van der Waals surface area contributed by atoms with Crippen molar-refractivity contribution in [1.29, 1.82) is 0 Å². The minimum atomic E-state index is 0.578. The van der Waals surface area contributed by atoms with Crippen LogP contribution in [0.2, 0.25) is 5.02 Å². The van der Waals surface area contributed by atoms with Crippen LogP contribution in [0.15, 0.2) is 18.2 Å². The quantitative estimate of drug-likeness (QED) is 0.824. The minimum absolute atomic E-state index is 0.578. The highest BCUT2D eigenvalue weighted by Gasteiger charge is 2.36. The van der Waals surface area contributed by atoms with Gasteiger partial charge in [-0.2, -0.15) is 0 Å². The number of hydrogen-bond acceptors (Lipinski definition) is 1. The number of rotatable bonds is 4. The van der Waals surface area contributed by atoms with Crippen LogP contribution in [0, 0.1) is 12.3 Å². The first-order valence-electron chi connectivity index (χ1n) is 5.55. The molecule has 1 aromatic carbocycles. The van der Waals surface area contributed by atoms with E-state index in [9.17, 15) is 0 Å². The van der Waals surface area contributed by atoms with Crippen LogP contribution < -0.4 is 5.32 Å². The number of nitrogens with one attached hydrogen (secondary N) is 1. The molecule has 1 N–H and O–H groups in total. The molecule has 0 amide bonds. The summed E-state index contributed by atoms with van der Waals surface area (Å²) in [6, 6.07) is 6.28. The van der Waals surface area contributed by atoms with Gasteiger partial charge < -0.3 is 5.32 Å². The maximum atomic E-state index is 6.07. The van der Waals surface area contributed by atoms with E-state index in [1.165, 1.54) is 18.4 Å². The number of hydrogen-bond donors (Lipinski definition) is 1. The van der Waals surface area contributed by atoms with Gasteiger partial charge in [0.05, 0.1) is 0 Å². The van der Waals surface area contributed by atoms with E-state index in [4.69, 9.17) is 11.6 Å². The Hall–Kier alpha value is -0.530. The van der Waals surface area contributed by atoms with Crippen molar-refractivity contribution >= 4 is 11.6 Å². The van der Waals surface area contributed by atoms with Crippen molar-refractivity contribution < 1.29 is 0 Å². The molecule has 1 aromatic rings. The van der Waals surface area contributed by atoms with Gasteiger partial charge in [-0.25, -0.2) is 0 Å². The van der Waals surface area contributed by atoms with Gasteiger partial charge >= 0.3 is 0 Å². The third-order valence-electron chi connectivity index (χ3n) is 3.22. The van der Waals surface area contributed by atoms with Crippen molar-refractivity contribution in [1.82, 2.24) is 5.32 Å². The zero-order chi connectivity index (χ0) is 10.9. The first kappa shape index (κ1) is 11.0. The second-order valence-corrected chi connectivity index (χ2v) is 5.40. The molecule has 0 aliphatic heterocycles. The zero-order valence-electron chi connectivity index (χ0n) is 9.44. The summed E-state index contributed by atoms with van der Waals surface area (Å²) in [4.78, 5) is 0. The fourth-order valence-electron chi connectivity index (χ4n) is 1.65. The monoisotopic (exact) mass is 223 g/mol. The van der Waals surface area contributed by atoms with Crippen LogP contribution in [0.4, 0.5) is 0 Å². The topological polar surface area (TPSA) is 12.0 Å². The molecule has 2 rings (SSSR count). The average molecular weight is 224 g/mol. The second-order valence-electron chi connectivity index (χ2n) is 5.00. The summed E-state index contributed by atoms with van der Waals surface area (Å²) in [5.74, 6) is 0. The molecule has 0 aromatic heterocycles. The Balaban J connectivity index is 1.85. The Morgan fingerprint density at radius 2 is 2.13 bits per heavy atom. The Kier molecular flexibility index (Phi) is 3.03. The molecule has 0 atom stereocenters. The Morgan fingerprint density at radius 3 is 2.73 bits per heavy atom. The van der Waals surface area contributed by atoms with E-state index in [2.05, 4.69) is 30.4 Å². The normalized spacial score (nSPS) is 17.8. The van der Waals surface area contributed by atoms with Crippen LogP contribution in [-0.4, -0.2) is 6.54 Å². The maximum absolute atomic E-state index is 6.07. The van der Waals surface area contributed by atoms with Crippen LogP contribution in [0.1, 0.15) is 30.9 Å². The van der Waals surface area contributed by atoms with E-state index in [0.29, 0.717) is 5.41 Å². The van der Waals surface area contributed by atoms with Crippen LogP contribution >= 0.6 is 11.6 Å². The largest absolute Gasteiger partial charge is 0.312 e. The van der Waals surface area contributed by atoms with Gasteiger partial charge in [-0.1, -0.05) is 30.7 Å². The SMILES string of the molecule is Cc1ccc(CNCC2(C)CC2)cc1Cl. The van der Waals surface area contributed by atoms with Gasteiger partial charge in [0.1, 0.15) is 0 Å². The number of benzene rings is 1. The Bertz CT molecular complexity index is 356. The molecule has 0 unspecified atom stereocenters. The van der Waals surface area contributed by atoms with Crippen molar-refractivity contribution in [3.05, 3.63) is 34.3 Å². The predicted molar refractivity (Wildman–Crippen MR) is 65.2 cm³/mol. The van der Waals surface area contributed by atoms with E-state index in [1.54, 1.807) is 0 Å². The van der Waals surface area contributed by atoms with E-state index in [1.807, 2.05) is 6.92 Å². The van der Waals surface area contributed by atoms with Crippen LogP contribution in [0.25, 0.3) is 0 Å². The van der Waals surface area contributed by atoms with Gasteiger partial charge in [0.25, 0.3) is 0 Å². The summed E-state index contributed by atoms with van der Waals surface area (Å²) >= 11 is 6.07. The second kappa shape index (κ2) is 4.15. The molecule has 2 heteroatoms. The highest BCUT2D eigenvalue weighted by Crippen LogP contribution is 2.44. The van der Waals surface area contributed by atoms with E-state index >= 15 is 0 Å². The lowest BCUT2D eigenvalue weighted by atomic mass is 10.1. The molecule has 1 nitrogen and oxygen atoms in total. The Labute approximate surface area is 96.8 Å². The average Bonchev–Trinajstić information content (AvgIpc) is 2.90. The minimum Gasteiger partial charge on any atom is -0.312 e. The summed E-state index contributed by atoms with van der Waals surface area (Å²) < 4.78 is 0. The third-order valence-corrected chi connectivity index (χ3v) is 3.63. The lowest BCUT2D eigenvalue weighted by Crippen LogP contribution is -2.21. The van der Waals surface area contributed by atoms with Crippen molar-refractivity contribution in [2.24, 2.45) is 5.41 Å². The van der Waals surface area contributed by atoms with E-state index in [-0.39, 0.29) is 0 Å². The van der Waals surface area contributed by atoms with Crippen molar-refractivity contribution in [2.45, 2.75) is 33.2 Å². The molecule has 0 spiro atoms. The van der Waals surface area contributed by atoms with Crippen LogP contribution in [-0.2, 0) is 6.54 Å². The van der Waals surface area contributed by atoms with Gasteiger partial charge in [0.15, 0.2) is 0 Å². The molecule has 0 heterocycles. The number of halogens is 1. The molecule has 15 heavy (non-hydrogen) atoms. The summed E-state index contributed by atoms with van der Waals surface area (Å²) in [6.07, 6.45) is 2.74.